The predicted molar refractivity (Wildman–Crippen MR) is 124 cm³/mol. The highest BCUT2D eigenvalue weighted by molar-refractivity contribution is 7.95. The zero-order chi connectivity index (χ0) is 20.9. The number of nitrogens with zero attached hydrogens (tertiary/aromatic N) is 3. The first kappa shape index (κ1) is 20.6. The van der Waals surface area contributed by atoms with Gasteiger partial charge in [0.2, 0.25) is 0 Å². The quantitative estimate of drug-likeness (QED) is 0.316. The molecule has 2 aromatic carbocycles. The normalized spacial score (nSPS) is 11.5. The molecule has 4 nitrogen and oxygen atoms in total. The molecule has 0 amide bonds. The van der Waals surface area contributed by atoms with Gasteiger partial charge in [-0.1, -0.05) is 30.3 Å². The van der Waals surface area contributed by atoms with Crippen LogP contribution in [0.4, 0.5) is 4.39 Å². The summed E-state index contributed by atoms with van der Waals surface area (Å²) in [5, 5.41) is 1.21. The van der Waals surface area contributed by atoms with Crippen LogP contribution in [-0.4, -0.2) is 34.5 Å². The molecule has 0 aliphatic carbocycles. The van der Waals surface area contributed by atoms with Crippen LogP contribution in [0.2, 0.25) is 0 Å². The standard InChI is InChI=1S/C24H25FN4S/c1-28(2)30-27-14-11-20-16-29(17-21-5-3-4-6-23(21)25)24-15-19(7-8-22(20)24)18-9-12-26-13-10-18/h3-10,12-13,15-16,27H,11,14,17H2,1-2H3. The van der Waals surface area contributed by atoms with E-state index in [1.165, 1.54) is 17.0 Å². The van der Waals surface area contributed by atoms with E-state index in [4.69, 9.17) is 0 Å². The van der Waals surface area contributed by atoms with Gasteiger partial charge in [-0.05, 0) is 61.5 Å². The zero-order valence-electron chi connectivity index (χ0n) is 17.2. The van der Waals surface area contributed by atoms with Crippen LogP contribution in [0.15, 0.2) is 73.2 Å². The number of rotatable bonds is 8. The van der Waals surface area contributed by atoms with E-state index in [0.29, 0.717) is 12.1 Å². The Hall–Kier alpha value is -2.67. The number of nitrogens with one attached hydrogen (secondary N) is 1. The number of pyridine rings is 1. The molecule has 0 saturated carbocycles. The highest BCUT2D eigenvalue weighted by Crippen LogP contribution is 2.29. The average Bonchev–Trinajstić information content (AvgIpc) is 3.10. The topological polar surface area (TPSA) is 33.1 Å². The van der Waals surface area contributed by atoms with Crippen molar-refractivity contribution in [3.8, 4) is 11.1 Å². The molecule has 0 spiro atoms. The number of fused-ring (bicyclic) bond motifs is 1. The molecule has 4 aromatic rings. The molecule has 0 fully saturated rings. The third-order valence-electron chi connectivity index (χ3n) is 5.02. The summed E-state index contributed by atoms with van der Waals surface area (Å²) in [4.78, 5) is 4.12. The summed E-state index contributed by atoms with van der Waals surface area (Å²) in [6, 6.07) is 17.5. The molecule has 0 saturated heterocycles. The van der Waals surface area contributed by atoms with Crippen LogP contribution in [0.3, 0.4) is 0 Å². The van der Waals surface area contributed by atoms with Crippen molar-refractivity contribution in [1.29, 1.82) is 0 Å². The van der Waals surface area contributed by atoms with Crippen molar-refractivity contribution in [3.05, 3.63) is 90.1 Å². The smallest absolute Gasteiger partial charge is 0.128 e. The van der Waals surface area contributed by atoms with Gasteiger partial charge in [-0.25, -0.2) is 8.70 Å². The van der Waals surface area contributed by atoms with E-state index in [2.05, 4.69) is 38.7 Å². The second kappa shape index (κ2) is 9.43. The van der Waals surface area contributed by atoms with Crippen LogP contribution in [-0.2, 0) is 13.0 Å². The van der Waals surface area contributed by atoms with Crippen molar-refractivity contribution in [2.45, 2.75) is 13.0 Å². The first-order valence-corrected chi connectivity index (χ1v) is 10.7. The SMILES string of the molecule is CN(C)SNCCc1cn(Cc2ccccc2F)c2cc(-c3ccncc3)ccc12. The summed E-state index contributed by atoms with van der Waals surface area (Å²) in [5.74, 6) is -0.171. The lowest BCUT2D eigenvalue weighted by Crippen LogP contribution is -2.15. The Bertz CT molecular complexity index is 1120. The molecule has 30 heavy (non-hydrogen) atoms. The van der Waals surface area contributed by atoms with E-state index < -0.39 is 0 Å². The molecule has 0 aliphatic heterocycles. The Morgan fingerprint density at radius 2 is 1.80 bits per heavy atom. The third-order valence-corrected chi connectivity index (χ3v) is 5.72. The fraction of sp³-hybridized carbons (Fsp3) is 0.208. The van der Waals surface area contributed by atoms with Crippen molar-refractivity contribution in [1.82, 2.24) is 18.6 Å². The van der Waals surface area contributed by atoms with E-state index in [1.807, 2.05) is 42.7 Å². The minimum atomic E-state index is -0.171. The van der Waals surface area contributed by atoms with Crippen LogP contribution in [0.1, 0.15) is 11.1 Å². The highest BCUT2D eigenvalue weighted by Gasteiger charge is 2.12. The van der Waals surface area contributed by atoms with Gasteiger partial charge in [0.15, 0.2) is 0 Å². The Morgan fingerprint density at radius 3 is 2.57 bits per heavy atom. The van der Waals surface area contributed by atoms with Gasteiger partial charge in [-0.2, -0.15) is 0 Å². The van der Waals surface area contributed by atoms with Gasteiger partial charge in [-0.15, -0.1) is 0 Å². The Balaban J connectivity index is 1.70. The molecule has 0 aliphatic rings. The van der Waals surface area contributed by atoms with Crippen molar-refractivity contribution in [2.75, 3.05) is 20.6 Å². The molecule has 0 unspecified atom stereocenters. The first-order valence-electron chi connectivity index (χ1n) is 9.94. The van der Waals surface area contributed by atoms with Gasteiger partial charge < -0.3 is 4.57 Å². The summed E-state index contributed by atoms with van der Waals surface area (Å²) >= 11 is 1.59. The van der Waals surface area contributed by atoms with Crippen molar-refractivity contribution >= 4 is 23.0 Å². The molecule has 1 N–H and O–H groups in total. The Morgan fingerprint density at radius 1 is 1.00 bits per heavy atom. The van der Waals surface area contributed by atoms with Gasteiger partial charge in [0.25, 0.3) is 0 Å². The van der Waals surface area contributed by atoms with E-state index in [9.17, 15) is 4.39 Å². The first-order chi connectivity index (χ1) is 14.6. The number of aromatic nitrogens is 2. The van der Waals surface area contributed by atoms with Gasteiger partial charge >= 0.3 is 0 Å². The lowest BCUT2D eigenvalue weighted by Gasteiger charge is -2.08. The van der Waals surface area contributed by atoms with Crippen molar-refractivity contribution in [3.63, 3.8) is 0 Å². The summed E-state index contributed by atoms with van der Waals surface area (Å²) in [6.45, 7) is 1.36. The van der Waals surface area contributed by atoms with E-state index in [-0.39, 0.29) is 5.82 Å². The van der Waals surface area contributed by atoms with Gasteiger partial charge in [0.05, 0.1) is 6.54 Å². The summed E-state index contributed by atoms with van der Waals surface area (Å²) in [6.07, 6.45) is 6.67. The van der Waals surface area contributed by atoms with E-state index in [0.717, 1.165) is 29.6 Å². The second-order valence-corrected chi connectivity index (χ2v) is 8.59. The predicted octanol–water partition coefficient (Wildman–Crippen LogP) is 5.15. The molecule has 0 atom stereocenters. The maximum Gasteiger partial charge on any atom is 0.128 e. The van der Waals surface area contributed by atoms with Gasteiger partial charge in [-0.3, -0.25) is 9.71 Å². The molecule has 2 aromatic heterocycles. The number of halogens is 1. The second-order valence-electron chi connectivity index (χ2n) is 7.39. The molecule has 2 heterocycles. The number of benzene rings is 2. The van der Waals surface area contributed by atoms with Crippen molar-refractivity contribution in [2.24, 2.45) is 0 Å². The van der Waals surface area contributed by atoms with Crippen LogP contribution >= 0.6 is 12.1 Å². The minimum Gasteiger partial charge on any atom is -0.343 e. The maximum atomic E-state index is 14.3. The summed E-state index contributed by atoms with van der Waals surface area (Å²) in [5.41, 5.74) is 5.32. The highest BCUT2D eigenvalue weighted by atomic mass is 32.2. The molecule has 0 radical (unpaired) electrons. The summed E-state index contributed by atoms with van der Waals surface area (Å²) in [7, 11) is 4.02. The molecule has 154 valence electrons. The molecule has 6 heteroatoms. The third kappa shape index (κ3) is 4.73. The fourth-order valence-electron chi connectivity index (χ4n) is 3.59. The van der Waals surface area contributed by atoms with Gasteiger partial charge in [0, 0.05) is 53.7 Å². The van der Waals surface area contributed by atoms with E-state index >= 15 is 0 Å². The van der Waals surface area contributed by atoms with Crippen LogP contribution in [0.5, 0.6) is 0 Å². The average molecular weight is 421 g/mol. The largest absolute Gasteiger partial charge is 0.343 e. The molecule has 4 rings (SSSR count). The summed E-state index contributed by atoms with van der Waals surface area (Å²) < 4.78 is 21.9. The maximum absolute atomic E-state index is 14.3. The minimum absolute atomic E-state index is 0.171. The zero-order valence-corrected chi connectivity index (χ0v) is 18.0. The van der Waals surface area contributed by atoms with Crippen LogP contribution < -0.4 is 4.72 Å². The Kier molecular flexibility index (Phi) is 6.47. The van der Waals surface area contributed by atoms with Crippen LogP contribution in [0.25, 0.3) is 22.0 Å². The molecular formula is C24H25FN4S. The molecular weight excluding hydrogens is 395 g/mol. The fourth-order valence-corrected chi connectivity index (χ4v) is 4.04. The van der Waals surface area contributed by atoms with Gasteiger partial charge in [0.1, 0.15) is 5.82 Å². The van der Waals surface area contributed by atoms with E-state index in [1.54, 1.807) is 30.6 Å². The molecule has 0 bridgehead atoms. The Labute approximate surface area is 181 Å². The lowest BCUT2D eigenvalue weighted by molar-refractivity contribution is 0.602. The number of hydrogen-bond donors (Lipinski definition) is 1. The number of hydrogen-bond acceptors (Lipinski definition) is 4. The van der Waals surface area contributed by atoms with Crippen LogP contribution in [0, 0.1) is 5.82 Å². The van der Waals surface area contributed by atoms with Crippen molar-refractivity contribution < 1.29 is 4.39 Å². The monoisotopic (exact) mass is 420 g/mol. The lowest BCUT2D eigenvalue weighted by atomic mass is 10.0.